The lowest BCUT2D eigenvalue weighted by atomic mass is 10.1. The lowest BCUT2D eigenvalue weighted by Gasteiger charge is -2.16. The molecule has 0 fully saturated rings. The Labute approximate surface area is 167 Å². The van der Waals surface area contributed by atoms with Crippen molar-refractivity contribution in [2.75, 3.05) is 14.2 Å². The zero-order valence-electron chi connectivity index (χ0n) is 15.9. The van der Waals surface area contributed by atoms with Gasteiger partial charge in [-0.3, -0.25) is 0 Å². The second-order valence-corrected chi connectivity index (χ2v) is 7.51. The summed E-state index contributed by atoms with van der Waals surface area (Å²) < 4.78 is 22.0. The van der Waals surface area contributed by atoms with Crippen molar-refractivity contribution in [1.82, 2.24) is 0 Å². The van der Waals surface area contributed by atoms with Crippen molar-refractivity contribution >= 4 is 17.3 Å². The third-order valence-electron chi connectivity index (χ3n) is 4.73. The number of thiophene rings is 1. The molecular weight excluding hydrogens is 376 g/mol. The van der Waals surface area contributed by atoms with Gasteiger partial charge >= 0.3 is 5.97 Å². The van der Waals surface area contributed by atoms with Crippen LogP contribution in [0.1, 0.15) is 26.4 Å². The van der Waals surface area contributed by atoms with Crippen LogP contribution in [-0.2, 0) is 18.0 Å². The van der Waals surface area contributed by atoms with Gasteiger partial charge in [-0.05, 0) is 48.4 Å². The number of para-hydroxylation sites is 1. The second kappa shape index (κ2) is 7.56. The van der Waals surface area contributed by atoms with Crippen molar-refractivity contribution in [2.45, 2.75) is 20.1 Å². The number of esters is 1. The van der Waals surface area contributed by atoms with E-state index in [1.807, 2.05) is 49.4 Å². The Kier molecular flexibility index (Phi) is 4.96. The van der Waals surface area contributed by atoms with E-state index in [2.05, 4.69) is 0 Å². The Bertz CT molecular complexity index is 1040. The largest absolute Gasteiger partial charge is 0.493 e. The summed E-state index contributed by atoms with van der Waals surface area (Å²) in [4.78, 5) is 14.3. The first-order valence-electron chi connectivity index (χ1n) is 8.84. The zero-order chi connectivity index (χ0) is 19.7. The highest BCUT2D eigenvalue weighted by atomic mass is 32.1. The zero-order valence-corrected chi connectivity index (χ0v) is 16.7. The van der Waals surface area contributed by atoms with Gasteiger partial charge in [0.15, 0.2) is 11.5 Å². The van der Waals surface area contributed by atoms with E-state index in [0.29, 0.717) is 23.0 Å². The third-order valence-corrected chi connectivity index (χ3v) is 5.92. The number of rotatable bonds is 5. The van der Waals surface area contributed by atoms with E-state index in [9.17, 15) is 4.79 Å². The van der Waals surface area contributed by atoms with Crippen molar-refractivity contribution in [3.8, 4) is 27.7 Å². The molecule has 28 heavy (non-hydrogen) atoms. The molecule has 0 atom stereocenters. The summed E-state index contributed by atoms with van der Waals surface area (Å²) in [5.41, 5.74) is 3.88. The maximum Gasteiger partial charge on any atom is 0.348 e. The fourth-order valence-corrected chi connectivity index (χ4v) is 4.28. The number of fused-ring (bicyclic) bond motifs is 3. The first-order valence-corrected chi connectivity index (χ1v) is 9.66. The van der Waals surface area contributed by atoms with Crippen LogP contribution in [0.4, 0.5) is 0 Å². The lowest BCUT2D eigenvalue weighted by Crippen LogP contribution is -2.05. The first-order chi connectivity index (χ1) is 13.6. The quantitative estimate of drug-likeness (QED) is 0.569. The SMILES string of the molecule is COc1cc(C)c(COC(=O)c2cc3c(s2)-c2ccccc2OC3)cc1OC. The highest BCUT2D eigenvalue weighted by Crippen LogP contribution is 2.42. The molecule has 0 N–H and O–H groups in total. The van der Waals surface area contributed by atoms with Gasteiger partial charge in [0, 0.05) is 16.0 Å². The van der Waals surface area contributed by atoms with Crippen LogP contribution in [0.3, 0.4) is 0 Å². The number of methoxy groups -OCH3 is 2. The van der Waals surface area contributed by atoms with E-state index in [0.717, 1.165) is 32.9 Å². The molecule has 0 radical (unpaired) electrons. The molecule has 6 heteroatoms. The van der Waals surface area contributed by atoms with E-state index >= 15 is 0 Å². The van der Waals surface area contributed by atoms with E-state index in [-0.39, 0.29) is 12.6 Å². The summed E-state index contributed by atoms with van der Waals surface area (Å²) in [6.07, 6.45) is 0. The topological polar surface area (TPSA) is 54.0 Å². The maximum absolute atomic E-state index is 12.6. The Morgan fingerprint density at radius 2 is 1.86 bits per heavy atom. The van der Waals surface area contributed by atoms with E-state index in [1.165, 1.54) is 11.3 Å². The van der Waals surface area contributed by atoms with Crippen molar-refractivity contribution in [3.05, 3.63) is 64.0 Å². The van der Waals surface area contributed by atoms with Gasteiger partial charge in [0.2, 0.25) is 0 Å². The normalized spacial score (nSPS) is 11.8. The second-order valence-electron chi connectivity index (χ2n) is 6.46. The number of carbonyl (C=O) groups excluding carboxylic acids is 1. The Hall–Kier alpha value is -2.99. The summed E-state index contributed by atoms with van der Waals surface area (Å²) in [5.74, 6) is 1.77. The summed E-state index contributed by atoms with van der Waals surface area (Å²) >= 11 is 1.44. The van der Waals surface area contributed by atoms with Gasteiger partial charge in [0.25, 0.3) is 0 Å². The molecule has 0 bridgehead atoms. The average Bonchev–Trinajstić information content (AvgIpc) is 3.17. The Balaban J connectivity index is 1.53. The molecule has 1 aromatic heterocycles. The van der Waals surface area contributed by atoms with Crippen LogP contribution < -0.4 is 14.2 Å². The van der Waals surface area contributed by atoms with Gasteiger partial charge < -0.3 is 18.9 Å². The Morgan fingerprint density at radius 1 is 1.11 bits per heavy atom. The number of aryl methyl sites for hydroxylation is 1. The van der Waals surface area contributed by atoms with Crippen molar-refractivity contribution < 1.29 is 23.7 Å². The summed E-state index contributed by atoms with van der Waals surface area (Å²) in [6.45, 7) is 2.58. The van der Waals surface area contributed by atoms with Gasteiger partial charge in [-0.25, -0.2) is 4.79 Å². The summed E-state index contributed by atoms with van der Waals surface area (Å²) in [5, 5.41) is 0. The molecule has 0 aliphatic carbocycles. The fraction of sp³-hybridized carbons (Fsp3) is 0.227. The number of carbonyl (C=O) groups is 1. The minimum atomic E-state index is -0.342. The molecule has 144 valence electrons. The van der Waals surface area contributed by atoms with E-state index < -0.39 is 0 Å². The summed E-state index contributed by atoms with van der Waals surface area (Å²) in [7, 11) is 3.18. The number of hydrogen-bond donors (Lipinski definition) is 0. The van der Waals surface area contributed by atoms with Crippen LogP contribution >= 0.6 is 11.3 Å². The standard InChI is InChI=1S/C22H20O5S/c1-13-8-18(24-2)19(25-3)9-14(13)11-27-22(23)20-10-15-12-26-17-7-5-4-6-16(17)21(15)28-20/h4-10H,11-12H2,1-3H3. The van der Waals surface area contributed by atoms with Gasteiger partial charge in [-0.15, -0.1) is 11.3 Å². The Morgan fingerprint density at radius 3 is 2.64 bits per heavy atom. The first kappa shape index (κ1) is 18.4. The van der Waals surface area contributed by atoms with Gasteiger partial charge in [-0.2, -0.15) is 0 Å². The molecule has 0 amide bonds. The van der Waals surface area contributed by atoms with Crippen LogP contribution in [0.15, 0.2) is 42.5 Å². The predicted octanol–water partition coefficient (Wildman–Crippen LogP) is 4.99. The van der Waals surface area contributed by atoms with Crippen molar-refractivity contribution in [2.24, 2.45) is 0 Å². The summed E-state index contributed by atoms with van der Waals surface area (Å²) in [6, 6.07) is 13.4. The molecule has 2 aromatic carbocycles. The molecule has 0 saturated carbocycles. The molecule has 1 aliphatic heterocycles. The highest BCUT2D eigenvalue weighted by molar-refractivity contribution is 7.17. The molecule has 0 spiro atoms. The fourth-order valence-electron chi connectivity index (χ4n) is 3.19. The molecule has 0 unspecified atom stereocenters. The van der Waals surface area contributed by atoms with Gasteiger partial charge in [-0.1, -0.05) is 12.1 Å². The molecule has 3 aromatic rings. The lowest BCUT2D eigenvalue weighted by molar-refractivity contribution is 0.0477. The van der Waals surface area contributed by atoms with E-state index in [4.69, 9.17) is 18.9 Å². The van der Waals surface area contributed by atoms with Gasteiger partial charge in [0.1, 0.15) is 23.8 Å². The number of ether oxygens (including phenoxy) is 4. The molecule has 4 rings (SSSR count). The third kappa shape index (κ3) is 3.31. The van der Waals surface area contributed by atoms with Crippen molar-refractivity contribution in [3.63, 3.8) is 0 Å². The predicted molar refractivity (Wildman–Crippen MR) is 107 cm³/mol. The maximum atomic E-state index is 12.6. The van der Waals surface area contributed by atoms with E-state index in [1.54, 1.807) is 14.2 Å². The molecule has 0 saturated heterocycles. The molecule has 5 nitrogen and oxygen atoms in total. The smallest absolute Gasteiger partial charge is 0.348 e. The minimum Gasteiger partial charge on any atom is -0.493 e. The molecule has 2 heterocycles. The van der Waals surface area contributed by atoms with Crippen molar-refractivity contribution in [1.29, 1.82) is 0 Å². The van der Waals surface area contributed by atoms with Crippen LogP contribution in [0, 0.1) is 6.92 Å². The molecule has 1 aliphatic rings. The number of benzene rings is 2. The highest BCUT2D eigenvalue weighted by Gasteiger charge is 2.23. The van der Waals surface area contributed by atoms with Crippen LogP contribution in [0.25, 0.3) is 10.4 Å². The number of hydrogen-bond acceptors (Lipinski definition) is 6. The van der Waals surface area contributed by atoms with Crippen LogP contribution in [0.2, 0.25) is 0 Å². The van der Waals surface area contributed by atoms with Gasteiger partial charge in [0.05, 0.1) is 14.2 Å². The average molecular weight is 396 g/mol. The monoisotopic (exact) mass is 396 g/mol. The minimum absolute atomic E-state index is 0.167. The van der Waals surface area contributed by atoms with Crippen LogP contribution in [0.5, 0.6) is 17.2 Å². The molecular formula is C22H20O5S. The van der Waals surface area contributed by atoms with Crippen LogP contribution in [-0.4, -0.2) is 20.2 Å².